The molecule has 8 N–H and O–H groups in total. The maximum Gasteiger partial charge on any atom is 0.326 e. The zero-order chi connectivity index (χ0) is 29.2. The zero-order valence-electron chi connectivity index (χ0n) is 21.4. The van der Waals surface area contributed by atoms with E-state index in [0.29, 0.717) is 0 Å². The number of carbonyl (C=O) groups excluding carboxylic acids is 3. The van der Waals surface area contributed by atoms with Crippen LogP contribution in [0.3, 0.4) is 0 Å². The molecule has 4 unspecified atom stereocenters. The van der Waals surface area contributed by atoms with E-state index in [-0.39, 0.29) is 18.6 Å². The number of H-pyrrole nitrogens is 1. The number of carboxylic acids is 2. The van der Waals surface area contributed by atoms with Crippen LogP contribution in [0, 0.1) is 0 Å². The van der Waals surface area contributed by atoms with Crippen molar-refractivity contribution in [3.8, 4) is 0 Å². The number of benzene rings is 2. The third-order valence-electron chi connectivity index (χ3n) is 6.18. The minimum absolute atomic E-state index is 0.0529. The molecule has 3 aromatic rings. The standard InChI is InChI=1S/C27H31N5O7S/c28-18(10-15-6-2-1-3-7-15)24(35)30-20(11-16-13-29-19-9-5-4-8-17(16)19)25(36)32-22(14-40)26(37)31-21(27(38)39)12-23(33)34/h1-9,13,18,20-22,29,40H,10-12,14,28H2,(H,30,35)(H,31,37)(H,32,36)(H,33,34)(H,38,39). The van der Waals surface area contributed by atoms with Gasteiger partial charge in [-0.1, -0.05) is 48.5 Å². The van der Waals surface area contributed by atoms with E-state index < -0.39 is 60.2 Å². The summed E-state index contributed by atoms with van der Waals surface area (Å²) in [5, 5.41) is 26.3. The summed E-state index contributed by atoms with van der Waals surface area (Å²) in [5.41, 5.74) is 8.52. The molecule has 212 valence electrons. The molecule has 1 aromatic heterocycles. The highest BCUT2D eigenvalue weighted by molar-refractivity contribution is 7.80. The Kier molecular flexibility index (Phi) is 10.7. The summed E-state index contributed by atoms with van der Waals surface area (Å²) in [4.78, 5) is 64.6. The number of aliphatic carboxylic acids is 2. The van der Waals surface area contributed by atoms with Crippen LogP contribution in [-0.2, 0) is 36.8 Å². The van der Waals surface area contributed by atoms with Crippen LogP contribution in [0.2, 0.25) is 0 Å². The molecule has 0 aliphatic rings. The van der Waals surface area contributed by atoms with E-state index in [2.05, 4.69) is 33.6 Å². The van der Waals surface area contributed by atoms with Crippen LogP contribution in [0.4, 0.5) is 0 Å². The smallest absolute Gasteiger partial charge is 0.326 e. The summed E-state index contributed by atoms with van der Waals surface area (Å²) in [7, 11) is 0. The lowest BCUT2D eigenvalue weighted by molar-refractivity contribution is -0.147. The number of para-hydroxylation sites is 1. The van der Waals surface area contributed by atoms with Gasteiger partial charge in [0.2, 0.25) is 17.7 Å². The van der Waals surface area contributed by atoms with Crippen molar-refractivity contribution < 1.29 is 34.2 Å². The molecule has 1 heterocycles. The summed E-state index contributed by atoms with van der Waals surface area (Å²) >= 11 is 4.09. The Balaban J connectivity index is 1.78. The molecule has 0 fully saturated rings. The number of carboxylic acid groups (broad SMARTS) is 2. The highest BCUT2D eigenvalue weighted by Crippen LogP contribution is 2.19. The summed E-state index contributed by atoms with van der Waals surface area (Å²) < 4.78 is 0. The maximum atomic E-state index is 13.4. The van der Waals surface area contributed by atoms with Crippen molar-refractivity contribution in [3.05, 3.63) is 71.9 Å². The first-order valence-corrected chi connectivity index (χ1v) is 13.0. The van der Waals surface area contributed by atoms with Gasteiger partial charge in [0.1, 0.15) is 18.1 Å². The molecular weight excluding hydrogens is 538 g/mol. The van der Waals surface area contributed by atoms with Crippen molar-refractivity contribution in [1.82, 2.24) is 20.9 Å². The van der Waals surface area contributed by atoms with E-state index in [1.807, 2.05) is 54.6 Å². The summed E-state index contributed by atoms with van der Waals surface area (Å²) in [6.45, 7) is 0. The van der Waals surface area contributed by atoms with Gasteiger partial charge in [-0.3, -0.25) is 19.2 Å². The van der Waals surface area contributed by atoms with Crippen LogP contribution in [0.15, 0.2) is 60.8 Å². The third kappa shape index (κ3) is 8.32. The van der Waals surface area contributed by atoms with E-state index in [0.717, 1.165) is 22.0 Å². The molecule has 0 saturated heterocycles. The lowest BCUT2D eigenvalue weighted by atomic mass is 10.0. The number of aromatic amines is 1. The highest BCUT2D eigenvalue weighted by Gasteiger charge is 2.31. The Morgan fingerprint density at radius 1 is 0.800 bits per heavy atom. The quantitative estimate of drug-likeness (QED) is 0.126. The van der Waals surface area contributed by atoms with E-state index in [1.54, 1.807) is 6.20 Å². The average molecular weight is 570 g/mol. The third-order valence-corrected chi connectivity index (χ3v) is 6.54. The number of fused-ring (bicyclic) bond motifs is 1. The molecule has 13 heteroatoms. The normalized spacial score (nSPS) is 13.9. The Morgan fingerprint density at radius 3 is 2.05 bits per heavy atom. The van der Waals surface area contributed by atoms with Crippen LogP contribution < -0.4 is 21.7 Å². The second-order valence-electron chi connectivity index (χ2n) is 9.16. The lowest BCUT2D eigenvalue weighted by Gasteiger charge is -2.24. The topological polar surface area (TPSA) is 204 Å². The van der Waals surface area contributed by atoms with Crippen molar-refractivity contribution in [2.24, 2.45) is 5.73 Å². The molecule has 0 bridgehead atoms. The largest absolute Gasteiger partial charge is 0.481 e. The number of amides is 3. The maximum absolute atomic E-state index is 13.4. The fraction of sp³-hybridized carbons (Fsp3) is 0.296. The van der Waals surface area contributed by atoms with Crippen molar-refractivity contribution >= 4 is 53.2 Å². The average Bonchev–Trinajstić information content (AvgIpc) is 3.33. The number of thiol groups is 1. The molecule has 0 aliphatic heterocycles. The van der Waals surface area contributed by atoms with Gasteiger partial charge in [-0.05, 0) is 23.6 Å². The number of hydrogen-bond donors (Lipinski definition) is 8. The van der Waals surface area contributed by atoms with E-state index in [1.165, 1.54) is 0 Å². The van der Waals surface area contributed by atoms with Crippen LogP contribution >= 0.6 is 12.6 Å². The fourth-order valence-electron chi connectivity index (χ4n) is 4.08. The van der Waals surface area contributed by atoms with Crippen LogP contribution in [0.25, 0.3) is 10.9 Å². The molecule has 0 saturated carbocycles. The first kappa shape index (κ1) is 30.2. The van der Waals surface area contributed by atoms with E-state index >= 15 is 0 Å². The summed E-state index contributed by atoms with van der Waals surface area (Å²) in [5.74, 6) is -5.44. The minimum atomic E-state index is -1.71. The lowest BCUT2D eigenvalue weighted by Crippen LogP contribution is -2.58. The second-order valence-corrected chi connectivity index (χ2v) is 9.53. The van der Waals surface area contributed by atoms with E-state index in [4.69, 9.17) is 10.8 Å². The van der Waals surface area contributed by atoms with Crippen molar-refractivity contribution in [2.75, 3.05) is 5.75 Å². The molecule has 40 heavy (non-hydrogen) atoms. The zero-order valence-corrected chi connectivity index (χ0v) is 22.3. The number of nitrogens with one attached hydrogen (secondary N) is 4. The van der Waals surface area contributed by atoms with Crippen molar-refractivity contribution in [2.45, 2.75) is 43.4 Å². The van der Waals surface area contributed by atoms with Gasteiger partial charge in [-0.15, -0.1) is 0 Å². The number of carbonyl (C=O) groups is 5. The van der Waals surface area contributed by atoms with Gasteiger partial charge in [-0.2, -0.15) is 12.6 Å². The molecule has 2 aromatic carbocycles. The number of rotatable bonds is 14. The number of aromatic nitrogens is 1. The first-order valence-electron chi connectivity index (χ1n) is 12.4. The van der Waals surface area contributed by atoms with Gasteiger partial charge in [0, 0.05) is 29.3 Å². The molecule has 3 rings (SSSR count). The Morgan fingerprint density at radius 2 is 1.40 bits per heavy atom. The molecule has 0 aliphatic carbocycles. The predicted octanol–water partition coefficient (Wildman–Crippen LogP) is 0.224. The molecule has 0 spiro atoms. The summed E-state index contributed by atoms with van der Waals surface area (Å²) in [6, 6.07) is 11.4. The van der Waals surface area contributed by atoms with Crippen molar-refractivity contribution in [3.63, 3.8) is 0 Å². The molecule has 4 atom stereocenters. The van der Waals surface area contributed by atoms with Gasteiger partial charge < -0.3 is 36.9 Å². The minimum Gasteiger partial charge on any atom is -0.481 e. The van der Waals surface area contributed by atoms with E-state index in [9.17, 15) is 29.1 Å². The molecular formula is C27H31N5O7S. The Hall–Kier alpha value is -4.36. The van der Waals surface area contributed by atoms with Gasteiger partial charge in [0.05, 0.1) is 12.5 Å². The molecule has 3 amide bonds. The number of hydrogen-bond acceptors (Lipinski definition) is 7. The molecule has 0 radical (unpaired) electrons. The fourth-order valence-corrected chi connectivity index (χ4v) is 4.34. The van der Waals surface area contributed by atoms with Gasteiger partial charge in [0.15, 0.2) is 0 Å². The van der Waals surface area contributed by atoms with Gasteiger partial charge in [0.25, 0.3) is 0 Å². The van der Waals surface area contributed by atoms with Crippen LogP contribution in [0.1, 0.15) is 17.5 Å². The van der Waals surface area contributed by atoms with Gasteiger partial charge >= 0.3 is 11.9 Å². The Labute approximate surface area is 235 Å². The highest BCUT2D eigenvalue weighted by atomic mass is 32.1. The monoisotopic (exact) mass is 569 g/mol. The van der Waals surface area contributed by atoms with Gasteiger partial charge in [-0.25, -0.2) is 4.79 Å². The van der Waals surface area contributed by atoms with Crippen LogP contribution in [0.5, 0.6) is 0 Å². The second kappa shape index (κ2) is 14.1. The Bertz CT molecular complexity index is 1360. The predicted molar refractivity (Wildman–Crippen MR) is 150 cm³/mol. The summed E-state index contributed by atoms with van der Waals surface area (Å²) in [6.07, 6.45) is 1.15. The SMILES string of the molecule is NC(Cc1ccccc1)C(=O)NC(Cc1c[nH]c2ccccc12)C(=O)NC(CS)C(=O)NC(CC(=O)O)C(=O)O. The molecule has 12 nitrogen and oxygen atoms in total. The van der Waals surface area contributed by atoms with Crippen molar-refractivity contribution in [1.29, 1.82) is 0 Å². The first-order chi connectivity index (χ1) is 19.1. The van der Waals surface area contributed by atoms with Crippen LogP contribution in [-0.4, -0.2) is 74.8 Å². The number of nitrogens with two attached hydrogens (primary N) is 1.